The fraction of sp³-hybridized carbons (Fsp3) is 0.429. The van der Waals surface area contributed by atoms with E-state index in [1.165, 1.54) is 19.2 Å². The molecule has 2 aromatic rings. The van der Waals surface area contributed by atoms with Crippen LogP contribution in [0.5, 0.6) is 5.75 Å². The summed E-state index contributed by atoms with van der Waals surface area (Å²) in [6, 6.07) is 7.54. The topological polar surface area (TPSA) is 69.7 Å². The summed E-state index contributed by atoms with van der Waals surface area (Å²) < 4.78 is 39.8. The molecule has 1 amide bonds. The predicted molar refractivity (Wildman–Crippen MR) is 105 cm³/mol. The standard InChI is InChI=1S/C14H20N2O3.C7H6F2O/c1-10-3-6-13(19-10)14(17)16-12-5-4-11(15-9-12)7-8-18-2;1-10-6-4-2-3-5(8)7(6)9/h4-5,9-10,13H,3,6-8H2,1-2H3,(H,16,17);2-4H,1H3. The quantitative estimate of drug-likeness (QED) is 0.788. The molecule has 29 heavy (non-hydrogen) atoms. The predicted octanol–water partition coefficient (Wildman–Crippen LogP) is 3.75. The van der Waals surface area contributed by atoms with E-state index in [4.69, 9.17) is 9.47 Å². The SMILES string of the molecule is COCCc1ccc(NC(=O)C2CCC(C)O2)cn1.COc1cccc(F)c1F. The average molecular weight is 408 g/mol. The van der Waals surface area contributed by atoms with Crippen molar-refractivity contribution in [1.29, 1.82) is 0 Å². The van der Waals surface area contributed by atoms with E-state index in [9.17, 15) is 13.6 Å². The fourth-order valence-corrected chi connectivity index (χ4v) is 2.71. The first-order chi connectivity index (χ1) is 13.9. The van der Waals surface area contributed by atoms with Gasteiger partial charge < -0.3 is 19.5 Å². The molecule has 1 aromatic heterocycles. The molecule has 6 nitrogen and oxygen atoms in total. The Balaban J connectivity index is 0.000000253. The van der Waals surface area contributed by atoms with Crippen LogP contribution in [0.15, 0.2) is 36.5 Å². The van der Waals surface area contributed by atoms with E-state index < -0.39 is 11.6 Å². The van der Waals surface area contributed by atoms with E-state index in [0.717, 1.165) is 31.0 Å². The number of ether oxygens (including phenoxy) is 3. The number of amides is 1. The number of rotatable bonds is 6. The average Bonchev–Trinajstić information content (AvgIpc) is 3.16. The molecule has 1 aliphatic heterocycles. The van der Waals surface area contributed by atoms with Crippen molar-refractivity contribution in [3.8, 4) is 5.75 Å². The normalized spacial score (nSPS) is 18.0. The van der Waals surface area contributed by atoms with E-state index in [0.29, 0.717) is 12.3 Å². The maximum atomic E-state index is 12.5. The first-order valence-corrected chi connectivity index (χ1v) is 9.32. The zero-order valence-electron chi connectivity index (χ0n) is 16.8. The molecular weight excluding hydrogens is 382 g/mol. The largest absolute Gasteiger partial charge is 0.494 e. The molecule has 0 spiro atoms. The molecule has 158 valence electrons. The number of carbonyl (C=O) groups excluding carboxylic acids is 1. The lowest BCUT2D eigenvalue weighted by molar-refractivity contribution is -0.126. The van der Waals surface area contributed by atoms with Gasteiger partial charge in [0.2, 0.25) is 5.82 Å². The molecule has 0 radical (unpaired) electrons. The number of nitrogens with zero attached hydrogens (tertiary/aromatic N) is 1. The van der Waals surface area contributed by atoms with Crippen LogP contribution in [0.1, 0.15) is 25.5 Å². The highest BCUT2D eigenvalue weighted by atomic mass is 19.2. The van der Waals surface area contributed by atoms with Gasteiger partial charge in [0.15, 0.2) is 11.6 Å². The maximum absolute atomic E-state index is 12.5. The smallest absolute Gasteiger partial charge is 0.253 e. The Labute approximate surface area is 169 Å². The Morgan fingerprint density at radius 3 is 2.59 bits per heavy atom. The molecule has 3 rings (SSSR count). The Morgan fingerprint density at radius 1 is 1.24 bits per heavy atom. The summed E-state index contributed by atoms with van der Waals surface area (Å²) in [7, 11) is 2.95. The number of anilines is 1. The molecule has 1 aromatic carbocycles. The lowest BCUT2D eigenvalue weighted by atomic mass is 10.2. The van der Waals surface area contributed by atoms with Crippen LogP contribution in [0.2, 0.25) is 0 Å². The van der Waals surface area contributed by atoms with Crippen LogP contribution >= 0.6 is 0 Å². The molecule has 0 saturated carbocycles. The van der Waals surface area contributed by atoms with Gasteiger partial charge in [-0.25, -0.2) is 4.39 Å². The van der Waals surface area contributed by atoms with Gasteiger partial charge in [0.05, 0.1) is 31.7 Å². The van der Waals surface area contributed by atoms with E-state index >= 15 is 0 Å². The molecule has 1 saturated heterocycles. The minimum atomic E-state index is -0.940. The minimum Gasteiger partial charge on any atom is -0.494 e. The number of methoxy groups -OCH3 is 2. The zero-order chi connectivity index (χ0) is 21.2. The van der Waals surface area contributed by atoms with Gasteiger partial charge in [0.25, 0.3) is 5.91 Å². The highest BCUT2D eigenvalue weighted by Gasteiger charge is 2.28. The molecular formula is C21H26F2N2O4. The molecule has 2 heterocycles. The van der Waals surface area contributed by atoms with Crippen LogP contribution in [-0.4, -0.2) is 43.9 Å². The van der Waals surface area contributed by atoms with Crippen LogP contribution in [0.25, 0.3) is 0 Å². The van der Waals surface area contributed by atoms with Crippen LogP contribution in [0.3, 0.4) is 0 Å². The molecule has 2 atom stereocenters. The Bertz CT molecular complexity index is 787. The summed E-state index contributed by atoms with van der Waals surface area (Å²) in [6.07, 6.45) is 4.00. The number of nitrogens with one attached hydrogen (secondary N) is 1. The summed E-state index contributed by atoms with van der Waals surface area (Å²) >= 11 is 0. The number of carbonyl (C=O) groups is 1. The summed E-state index contributed by atoms with van der Waals surface area (Å²) in [5, 5.41) is 2.83. The molecule has 8 heteroatoms. The van der Waals surface area contributed by atoms with Crippen molar-refractivity contribution in [2.75, 3.05) is 26.1 Å². The molecule has 1 aliphatic rings. The van der Waals surface area contributed by atoms with Crippen molar-refractivity contribution in [2.24, 2.45) is 0 Å². The summed E-state index contributed by atoms with van der Waals surface area (Å²) in [5.41, 5.74) is 1.65. The Morgan fingerprint density at radius 2 is 2.03 bits per heavy atom. The Hall–Kier alpha value is -2.58. The van der Waals surface area contributed by atoms with Crippen molar-refractivity contribution < 1.29 is 27.8 Å². The van der Waals surface area contributed by atoms with E-state index in [-0.39, 0.29) is 23.9 Å². The monoisotopic (exact) mass is 408 g/mol. The van der Waals surface area contributed by atoms with Gasteiger partial charge in [-0.15, -0.1) is 0 Å². The van der Waals surface area contributed by atoms with Gasteiger partial charge in [-0.05, 0) is 44.0 Å². The van der Waals surface area contributed by atoms with Crippen molar-refractivity contribution in [1.82, 2.24) is 4.98 Å². The Kier molecular flexibility index (Phi) is 8.95. The molecule has 1 N–H and O–H groups in total. The number of pyridine rings is 1. The van der Waals surface area contributed by atoms with E-state index in [2.05, 4.69) is 15.0 Å². The van der Waals surface area contributed by atoms with Gasteiger partial charge >= 0.3 is 0 Å². The lowest BCUT2D eigenvalue weighted by Crippen LogP contribution is -2.27. The summed E-state index contributed by atoms with van der Waals surface area (Å²) in [5.74, 6) is -1.99. The van der Waals surface area contributed by atoms with Crippen molar-refractivity contribution in [2.45, 2.75) is 38.4 Å². The molecule has 0 bridgehead atoms. The second-order valence-corrected chi connectivity index (χ2v) is 6.54. The lowest BCUT2D eigenvalue weighted by Gasteiger charge is -2.11. The van der Waals surface area contributed by atoms with Crippen LogP contribution < -0.4 is 10.1 Å². The highest BCUT2D eigenvalue weighted by Crippen LogP contribution is 2.20. The van der Waals surface area contributed by atoms with Crippen LogP contribution in [0.4, 0.5) is 14.5 Å². The van der Waals surface area contributed by atoms with Crippen molar-refractivity contribution >= 4 is 11.6 Å². The zero-order valence-corrected chi connectivity index (χ0v) is 16.8. The minimum absolute atomic E-state index is 0.0694. The molecule has 0 aliphatic carbocycles. The van der Waals surface area contributed by atoms with Gasteiger partial charge in [0.1, 0.15) is 6.10 Å². The number of hydrogen-bond donors (Lipinski definition) is 1. The summed E-state index contributed by atoms with van der Waals surface area (Å²) in [6.45, 7) is 2.63. The summed E-state index contributed by atoms with van der Waals surface area (Å²) in [4.78, 5) is 16.2. The fourth-order valence-electron chi connectivity index (χ4n) is 2.71. The first-order valence-electron chi connectivity index (χ1n) is 9.32. The van der Waals surface area contributed by atoms with Gasteiger partial charge in [-0.3, -0.25) is 9.78 Å². The van der Waals surface area contributed by atoms with Crippen molar-refractivity contribution in [3.05, 3.63) is 53.9 Å². The molecule has 2 unspecified atom stereocenters. The number of aromatic nitrogens is 1. The first kappa shape index (κ1) is 22.7. The van der Waals surface area contributed by atoms with E-state index in [1.54, 1.807) is 13.3 Å². The van der Waals surface area contributed by atoms with Gasteiger partial charge in [-0.2, -0.15) is 4.39 Å². The third-order valence-electron chi connectivity index (χ3n) is 4.32. The van der Waals surface area contributed by atoms with Crippen LogP contribution in [-0.2, 0) is 20.7 Å². The second-order valence-electron chi connectivity index (χ2n) is 6.54. The third-order valence-corrected chi connectivity index (χ3v) is 4.32. The molecule has 1 fully saturated rings. The highest BCUT2D eigenvalue weighted by molar-refractivity contribution is 5.94. The second kappa shape index (κ2) is 11.4. The number of hydrogen-bond acceptors (Lipinski definition) is 5. The number of halogens is 2. The maximum Gasteiger partial charge on any atom is 0.253 e. The van der Waals surface area contributed by atoms with Gasteiger partial charge in [-0.1, -0.05) is 6.07 Å². The van der Waals surface area contributed by atoms with Crippen LogP contribution in [0, 0.1) is 11.6 Å². The third kappa shape index (κ3) is 7.07. The van der Waals surface area contributed by atoms with E-state index in [1.807, 2.05) is 19.1 Å². The van der Waals surface area contributed by atoms with Gasteiger partial charge in [0, 0.05) is 19.2 Å². The van der Waals surface area contributed by atoms with Crippen molar-refractivity contribution in [3.63, 3.8) is 0 Å². The number of benzene rings is 1.